The van der Waals surface area contributed by atoms with E-state index in [-0.39, 0.29) is 5.75 Å². The summed E-state index contributed by atoms with van der Waals surface area (Å²) in [6.07, 6.45) is 1.77. The van der Waals surface area contributed by atoms with Crippen molar-refractivity contribution in [3.8, 4) is 5.75 Å². The third-order valence-corrected chi connectivity index (χ3v) is 4.86. The summed E-state index contributed by atoms with van der Waals surface area (Å²) < 4.78 is 34.5. The van der Waals surface area contributed by atoms with E-state index in [4.69, 9.17) is 4.74 Å². The maximum atomic E-state index is 13.9. The maximum absolute atomic E-state index is 13.9. The summed E-state index contributed by atoms with van der Waals surface area (Å²) in [7, 11) is 3.36. The maximum Gasteiger partial charge on any atom is 0.190 e. The zero-order valence-corrected chi connectivity index (χ0v) is 15.3. The summed E-state index contributed by atoms with van der Waals surface area (Å²) >= 11 is 4.38. The molecule has 0 N–H and O–H groups in total. The third-order valence-electron chi connectivity index (χ3n) is 4.50. The van der Waals surface area contributed by atoms with E-state index in [1.807, 2.05) is 4.57 Å². The van der Waals surface area contributed by atoms with Gasteiger partial charge in [-0.15, -0.1) is 12.6 Å². The van der Waals surface area contributed by atoms with E-state index in [1.54, 1.807) is 6.20 Å². The number of thiol groups is 1. The highest BCUT2D eigenvalue weighted by molar-refractivity contribution is 7.80. The Bertz CT molecular complexity index is 721. The van der Waals surface area contributed by atoms with Gasteiger partial charge in [0.1, 0.15) is 0 Å². The molecule has 2 aromatic rings. The second-order valence-electron chi connectivity index (χ2n) is 6.31. The number of benzene rings is 1. The molecule has 0 radical (unpaired) electrons. The van der Waals surface area contributed by atoms with Gasteiger partial charge in [0, 0.05) is 32.7 Å². The average molecular weight is 368 g/mol. The molecule has 1 aromatic carbocycles. The van der Waals surface area contributed by atoms with Crippen LogP contribution < -0.4 is 4.74 Å². The van der Waals surface area contributed by atoms with Crippen molar-refractivity contribution in [2.45, 2.75) is 18.2 Å². The van der Waals surface area contributed by atoms with E-state index >= 15 is 0 Å². The molecule has 0 aliphatic carbocycles. The fourth-order valence-corrected chi connectivity index (χ4v) is 3.27. The van der Waals surface area contributed by atoms with Crippen LogP contribution in [-0.4, -0.2) is 59.7 Å². The SMILES string of the molecule is COc1c(F)cc(Cn2c(CN3CCN(C)CC3)cnc2S)cc1F. The molecule has 0 bridgehead atoms. The van der Waals surface area contributed by atoms with Crippen LogP contribution in [0.5, 0.6) is 5.75 Å². The molecule has 25 heavy (non-hydrogen) atoms. The number of aromatic nitrogens is 2. The molecule has 3 rings (SSSR count). The minimum absolute atomic E-state index is 0.305. The molecular weight excluding hydrogens is 346 g/mol. The summed E-state index contributed by atoms with van der Waals surface area (Å²) in [6, 6.07) is 2.57. The number of methoxy groups -OCH3 is 1. The second-order valence-corrected chi connectivity index (χ2v) is 6.71. The number of likely N-dealkylation sites (N-methyl/N-ethyl adjacent to an activating group) is 1. The first-order valence-electron chi connectivity index (χ1n) is 8.14. The fraction of sp³-hybridized carbons (Fsp3) is 0.471. The molecule has 0 spiro atoms. The van der Waals surface area contributed by atoms with Crippen LogP contribution in [0.2, 0.25) is 0 Å². The monoisotopic (exact) mass is 368 g/mol. The highest BCUT2D eigenvalue weighted by Crippen LogP contribution is 2.24. The van der Waals surface area contributed by atoms with Crippen LogP contribution in [0.4, 0.5) is 8.78 Å². The van der Waals surface area contributed by atoms with Gasteiger partial charge in [0.25, 0.3) is 0 Å². The van der Waals surface area contributed by atoms with Gasteiger partial charge in [-0.05, 0) is 24.7 Å². The van der Waals surface area contributed by atoms with Crippen molar-refractivity contribution >= 4 is 12.6 Å². The Morgan fingerprint density at radius 2 is 1.76 bits per heavy atom. The lowest BCUT2D eigenvalue weighted by Crippen LogP contribution is -2.44. The Balaban J connectivity index is 1.78. The van der Waals surface area contributed by atoms with Gasteiger partial charge in [-0.2, -0.15) is 0 Å². The molecule has 1 aliphatic rings. The molecule has 0 saturated carbocycles. The van der Waals surface area contributed by atoms with Gasteiger partial charge >= 0.3 is 0 Å². The highest BCUT2D eigenvalue weighted by Gasteiger charge is 2.18. The van der Waals surface area contributed by atoms with Crippen LogP contribution in [0.15, 0.2) is 23.5 Å². The number of imidazole rings is 1. The smallest absolute Gasteiger partial charge is 0.190 e. The summed E-state index contributed by atoms with van der Waals surface area (Å²) in [6.45, 7) is 5.06. The minimum atomic E-state index is -0.709. The first-order chi connectivity index (χ1) is 12.0. The van der Waals surface area contributed by atoms with Gasteiger partial charge in [0.15, 0.2) is 22.5 Å². The van der Waals surface area contributed by atoms with Gasteiger partial charge in [0.2, 0.25) is 0 Å². The van der Waals surface area contributed by atoms with Crippen molar-refractivity contribution in [3.63, 3.8) is 0 Å². The number of ether oxygens (including phenoxy) is 1. The number of hydrogen-bond acceptors (Lipinski definition) is 5. The predicted octanol–water partition coefficient (Wildman–Crippen LogP) is 2.25. The zero-order chi connectivity index (χ0) is 18.0. The van der Waals surface area contributed by atoms with Gasteiger partial charge in [-0.1, -0.05) is 0 Å². The van der Waals surface area contributed by atoms with E-state index in [2.05, 4.69) is 34.5 Å². The fourth-order valence-electron chi connectivity index (χ4n) is 3.01. The van der Waals surface area contributed by atoms with E-state index in [1.165, 1.54) is 19.2 Å². The van der Waals surface area contributed by atoms with Gasteiger partial charge in [0.05, 0.1) is 25.5 Å². The van der Waals surface area contributed by atoms with Crippen LogP contribution >= 0.6 is 12.6 Å². The van der Waals surface area contributed by atoms with Gasteiger partial charge in [-0.3, -0.25) is 4.90 Å². The van der Waals surface area contributed by atoms with Crippen molar-refractivity contribution in [2.24, 2.45) is 0 Å². The molecule has 1 saturated heterocycles. The van der Waals surface area contributed by atoms with Crippen molar-refractivity contribution in [1.82, 2.24) is 19.4 Å². The van der Waals surface area contributed by atoms with Crippen molar-refractivity contribution < 1.29 is 13.5 Å². The Hall–Kier alpha value is -1.64. The number of piperazine rings is 1. The molecule has 1 aliphatic heterocycles. The summed E-state index contributed by atoms with van der Waals surface area (Å²) in [5, 5.41) is 0.528. The van der Waals surface area contributed by atoms with E-state index in [0.717, 1.165) is 38.4 Å². The number of nitrogens with zero attached hydrogens (tertiary/aromatic N) is 4. The zero-order valence-electron chi connectivity index (χ0n) is 14.4. The molecular formula is C17H22F2N4OS. The Morgan fingerprint density at radius 3 is 2.36 bits per heavy atom. The van der Waals surface area contributed by atoms with E-state index in [9.17, 15) is 8.78 Å². The number of rotatable bonds is 5. The largest absolute Gasteiger partial charge is 0.491 e. The van der Waals surface area contributed by atoms with Crippen molar-refractivity contribution in [1.29, 1.82) is 0 Å². The molecule has 0 unspecified atom stereocenters. The molecule has 0 amide bonds. The lowest BCUT2D eigenvalue weighted by molar-refractivity contribution is 0.145. The Kier molecular flexibility index (Phi) is 5.61. The van der Waals surface area contributed by atoms with Crippen LogP contribution in [0.25, 0.3) is 0 Å². The quantitative estimate of drug-likeness (QED) is 0.821. The Labute approximate surface area is 151 Å². The second kappa shape index (κ2) is 7.72. The van der Waals surface area contributed by atoms with Crippen molar-refractivity contribution in [3.05, 3.63) is 41.2 Å². The van der Waals surface area contributed by atoms with Crippen molar-refractivity contribution in [2.75, 3.05) is 40.3 Å². The van der Waals surface area contributed by atoms with E-state index < -0.39 is 11.6 Å². The summed E-state index contributed by atoms with van der Waals surface area (Å²) in [4.78, 5) is 8.89. The van der Waals surface area contributed by atoms with Gasteiger partial charge < -0.3 is 14.2 Å². The van der Waals surface area contributed by atoms with Crippen LogP contribution in [-0.2, 0) is 13.1 Å². The lowest BCUT2D eigenvalue weighted by atomic mass is 10.2. The number of halogens is 2. The summed E-state index contributed by atoms with van der Waals surface area (Å²) in [5.41, 5.74) is 1.48. The normalized spacial score (nSPS) is 16.4. The molecule has 1 fully saturated rings. The first kappa shape index (κ1) is 18.2. The number of hydrogen-bond donors (Lipinski definition) is 1. The molecule has 1 aromatic heterocycles. The van der Waals surface area contributed by atoms with Crippen LogP contribution in [0, 0.1) is 11.6 Å². The van der Waals surface area contributed by atoms with Crippen LogP contribution in [0.3, 0.4) is 0 Å². The topological polar surface area (TPSA) is 33.5 Å². The molecule has 5 nitrogen and oxygen atoms in total. The molecule has 0 atom stereocenters. The molecule has 8 heteroatoms. The summed E-state index contributed by atoms with van der Waals surface area (Å²) in [5.74, 6) is -1.78. The molecule has 136 valence electrons. The third kappa shape index (κ3) is 4.13. The standard InChI is InChI=1S/C17H22F2N4OS/c1-21-3-5-22(6-4-21)11-13-9-20-17(25)23(13)10-12-7-14(18)16(24-2)15(19)8-12/h7-9H,3-6,10-11H2,1-2H3,(H,20,25). The minimum Gasteiger partial charge on any atom is -0.491 e. The van der Waals surface area contributed by atoms with E-state index in [0.29, 0.717) is 17.3 Å². The predicted molar refractivity (Wildman–Crippen MR) is 94.3 cm³/mol. The van der Waals surface area contributed by atoms with Crippen LogP contribution in [0.1, 0.15) is 11.3 Å². The molecule has 2 heterocycles. The lowest BCUT2D eigenvalue weighted by Gasteiger charge is -2.32. The average Bonchev–Trinajstić information content (AvgIpc) is 2.90. The highest BCUT2D eigenvalue weighted by atomic mass is 32.1. The first-order valence-corrected chi connectivity index (χ1v) is 8.59. The van der Waals surface area contributed by atoms with Gasteiger partial charge in [-0.25, -0.2) is 13.8 Å². The Morgan fingerprint density at radius 1 is 1.12 bits per heavy atom.